The van der Waals surface area contributed by atoms with Gasteiger partial charge in [0.2, 0.25) is 0 Å². The van der Waals surface area contributed by atoms with Crippen molar-refractivity contribution in [3.05, 3.63) is 0 Å². The third kappa shape index (κ3) is 1.24. The van der Waals surface area contributed by atoms with Gasteiger partial charge in [0, 0.05) is 0 Å². The van der Waals surface area contributed by atoms with Crippen LogP contribution in [0.1, 0.15) is 0 Å². The standard InChI is InChI=1S/C6H12BFO4/c7-5-6(11,2-8)4(10)3(1-9)12-5/h3-5,9-11H,1-2,7H2/t3-,4-,5-,6-/m1/s1. The first-order valence-corrected chi connectivity index (χ1v) is 3.79. The van der Waals surface area contributed by atoms with E-state index in [9.17, 15) is 14.6 Å². The van der Waals surface area contributed by atoms with Crippen molar-refractivity contribution < 1.29 is 24.4 Å². The van der Waals surface area contributed by atoms with E-state index in [1.165, 1.54) is 7.85 Å². The maximum atomic E-state index is 12.3. The van der Waals surface area contributed by atoms with E-state index >= 15 is 0 Å². The van der Waals surface area contributed by atoms with Gasteiger partial charge in [-0.2, -0.15) is 0 Å². The van der Waals surface area contributed by atoms with Crippen LogP contribution in [0.15, 0.2) is 0 Å². The Morgan fingerprint density at radius 3 is 2.42 bits per heavy atom. The Kier molecular flexibility index (Phi) is 2.72. The normalized spacial score (nSPS) is 48.2. The molecule has 0 bridgehead atoms. The lowest BCUT2D eigenvalue weighted by Crippen LogP contribution is -2.50. The smallest absolute Gasteiger partial charge is 0.143 e. The SMILES string of the molecule is B[C@@H]1O[C@H](CO)[C@@H](O)[C@]1(O)CF. The molecule has 0 spiro atoms. The summed E-state index contributed by atoms with van der Waals surface area (Å²) in [5, 5.41) is 27.4. The van der Waals surface area contributed by atoms with Crippen molar-refractivity contribution in [1.29, 1.82) is 0 Å². The summed E-state index contributed by atoms with van der Waals surface area (Å²) in [5.41, 5.74) is -1.87. The summed E-state index contributed by atoms with van der Waals surface area (Å²) in [7, 11) is 1.46. The van der Waals surface area contributed by atoms with E-state index < -0.39 is 37.1 Å². The largest absolute Gasteiger partial charge is 0.394 e. The Balaban J connectivity index is 2.76. The number of hydrogen-bond acceptors (Lipinski definition) is 4. The lowest BCUT2D eigenvalue weighted by Gasteiger charge is -2.25. The molecule has 1 fully saturated rings. The molecule has 1 aliphatic heterocycles. The van der Waals surface area contributed by atoms with Crippen molar-refractivity contribution in [2.75, 3.05) is 13.3 Å². The van der Waals surface area contributed by atoms with Crippen molar-refractivity contribution in [1.82, 2.24) is 0 Å². The van der Waals surface area contributed by atoms with Gasteiger partial charge in [-0.1, -0.05) is 0 Å². The predicted octanol–water partition coefficient (Wildman–Crippen LogP) is -2.60. The maximum Gasteiger partial charge on any atom is 0.143 e. The van der Waals surface area contributed by atoms with Gasteiger partial charge in [0.15, 0.2) is 0 Å². The number of rotatable bonds is 2. The topological polar surface area (TPSA) is 69.9 Å². The van der Waals surface area contributed by atoms with Gasteiger partial charge in [-0.3, -0.25) is 0 Å². The third-order valence-electron chi connectivity index (χ3n) is 2.34. The first kappa shape index (κ1) is 9.92. The molecule has 1 saturated heterocycles. The minimum atomic E-state index is -1.87. The fourth-order valence-corrected chi connectivity index (χ4v) is 1.35. The monoisotopic (exact) mass is 178 g/mol. The van der Waals surface area contributed by atoms with Gasteiger partial charge in [-0.15, -0.1) is 0 Å². The Morgan fingerprint density at radius 1 is 1.58 bits per heavy atom. The number of alkyl halides is 1. The molecule has 4 nitrogen and oxygen atoms in total. The maximum absolute atomic E-state index is 12.3. The summed E-state index contributed by atoms with van der Waals surface area (Å²) >= 11 is 0. The Morgan fingerprint density at radius 2 is 2.17 bits per heavy atom. The molecule has 0 aromatic rings. The molecule has 1 rings (SSSR count). The average Bonchev–Trinajstić information content (AvgIpc) is 2.30. The number of ether oxygens (including phenoxy) is 1. The number of aliphatic hydroxyl groups excluding tert-OH is 2. The summed E-state index contributed by atoms with van der Waals surface area (Å²) in [6.45, 7) is -1.50. The van der Waals surface area contributed by atoms with Gasteiger partial charge in [0.05, 0.1) is 12.6 Å². The molecule has 1 aliphatic rings. The quantitative estimate of drug-likeness (QED) is 0.405. The molecular formula is C6H12BFO4. The van der Waals surface area contributed by atoms with Crippen LogP contribution in [-0.4, -0.2) is 60.3 Å². The van der Waals surface area contributed by atoms with E-state index in [0.717, 1.165) is 0 Å². The second-order valence-corrected chi connectivity index (χ2v) is 3.07. The van der Waals surface area contributed by atoms with Crippen LogP contribution >= 0.6 is 0 Å². The molecule has 12 heavy (non-hydrogen) atoms. The molecule has 6 heteroatoms. The van der Waals surface area contributed by atoms with Crippen LogP contribution in [0.5, 0.6) is 0 Å². The minimum Gasteiger partial charge on any atom is -0.394 e. The first-order valence-electron chi connectivity index (χ1n) is 3.79. The van der Waals surface area contributed by atoms with Crippen LogP contribution in [0.3, 0.4) is 0 Å². The minimum absolute atomic E-state index is 0.423. The molecule has 3 N–H and O–H groups in total. The molecule has 1 heterocycles. The highest BCUT2D eigenvalue weighted by atomic mass is 19.1. The number of hydrogen-bond donors (Lipinski definition) is 3. The van der Waals surface area contributed by atoms with Crippen LogP contribution in [0, 0.1) is 0 Å². The lowest BCUT2D eigenvalue weighted by molar-refractivity contribution is -0.0734. The summed E-state index contributed by atoms with van der Waals surface area (Å²) < 4.78 is 17.3. The highest BCUT2D eigenvalue weighted by molar-refractivity contribution is 6.12. The van der Waals surface area contributed by atoms with E-state index in [4.69, 9.17) is 9.84 Å². The average molecular weight is 178 g/mol. The van der Waals surface area contributed by atoms with Gasteiger partial charge < -0.3 is 20.1 Å². The van der Waals surface area contributed by atoms with E-state index in [-0.39, 0.29) is 0 Å². The molecule has 0 unspecified atom stereocenters. The van der Waals surface area contributed by atoms with Crippen LogP contribution in [0.25, 0.3) is 0 Å². The summed E-state index contributed by atoms with van der Waals surface area (Å²) in [4.78, 5) is 0. The van der Waals surface area contributed by atoms with Crippen LogP contribution in [-0.2, 0) is 4.74 Å². The van der Waals surface area contributed by atoms with E-state index in [2.05, 4.69) is 0 Å². The highest BCUT2D eigenvalue weighted by Gasteiger charge is 2.52. The first-order chi connectivity index (χ1) is 5.56. The molecule has 70 valence electrons. The molecule has 0 aliphatic carbocycles. The lowest BCUT2D eigenvalue weighted by atomic mass is 9.81. The van der Waals surface area contributed by atoms with Gasteiger partial charge >= 0.3 is 0 Å². The van der Waals surface area contributed by atoms with Crippen molar-refractivity contribution in [2.45, 2.75) is 23.8 Å². The summed E-state index contributed by atoms with van der Waals surface area (Å²) in [6, 6.07) is -0.797. The Labute approximate surface area is 70.4 Å². The zero-order chi connectivity index (χ0) is 9.35. The predicted molar refractivity (Wildman–Crippen MR) is 41.2 cm³/mol. The highest BCUT2D eigenvalue weighted by Crippen LogP contribution is 2.29. The number of halogens is 1. The van der Waals surface area contributed by atoms with Gasteiger partial charge in [-0.05, 0) is 0 Å². The molecule has 0 radical (unpaired) electrons. The fourth-order valence-electron chi connectivity index (χ4n) is 1.35. The van der Waals surface area contributed by atoms with Crippen molar-refractivity contribution in [3.8, 4) is 0 Å². The molecular weight excluding hydrogens is 166 g/mol. The molecule has 0 saturated carbocycles. The van der Waals surface area contributed by atoms with E-state index in [1.54, 1.807) is 0 Å². The van der Waals surface area contributed by atoms with Crippen molar-refractivity contribution in [2.24, 2.45) is 0 Å². The van der Waals surface area contributed by atoms with Crippen LogP contribution in [0.4, 0.5) is 4.39 Å². The molecule has 0 amide bonds. The third-order valence-corrected chi connectivity index (χ3v) is 2.34. The zero-order valence-electron chi connectivity index (χ0n) is 6.77. The van der Waals surface area contributed by atoms with Crippen molar-refractivity contribution in [3.63, 3.8) is 0 Å². The van der Waals surface area contributed by atoms with Gasteiger partial charge in [0.1, 0.15) is 32.3 Å². The number of aliphatic hydroxyl groups is 3. The summed E-state index contributed by atoms with van der Waals surface area (Å²) in [5.74, 6) is 0. The second kappa shape index (κ2) is 3.29. The molecule has 4 atom stereocenters. The summed E-state index contributed by atoms with van der Waals surface area (Å²) in [6.07, 6.45) is -2.25. The van der Waals surface area contributed by atoms with Crippen LogP contribution in [0.2, 0.25) is 0 Å². The Bertz CT molecular complexity index is 170. The zero-order valence-corrected chi connectivity index (χ0v) is 6.77. The van der Waals surface area contributed by atoms with Gasteiger partial charge in [-0.25, -0.2) is 4.39 Å². The van der Waals surface area contributed by atoms with E-state index in [0.29, 0.717) is 0 Å². The second-order valence-electron chi connectivity index (χ2n) is 3.07. The van der Waals surface area contributed by atoms with E-state index in [1.807, 2.05) is 0 Å². The van der Waals surface area contributed by atoms with Crippen molar-refractivity contribution >= 4 is 7.85 Å². The van der Waals surface area contributed by atoms with Crippen LogP contribution < -0.4 is 0 Å². The Hall–Kier alpha value is -0.165. The fraction of sp³-hybridized carbons (Fsp3) is 1.00. The molecule has 0 aromatic heterocycles. The molecule has 0 aromatic carbocycles. The van der Waals surface area contributed by atoms with Gasteiger partial charge in [0.25, 0.3) is 0 Å².